The van der Waals surface area contributed by atoms with E-state index in [-0.39, 0.29) is 0 Å². The molecule has 104 valence electrons. The average molecular weight is 329 g/mol. The van der Waals surface area contributed by atoms with Crippen LogP contribution >= 0.6 is 15.9 Å². The Bertz CT molecular complexity index is 443. The van der Waals surface area contributed by atoms with E-state index in [0.717, 1.165) is 22.5 Å². The Kier molecular flexibility index (Phi) is 7.22. The monoisotopic (exact) mass is 328 g/mol. The zero-order valence-electron chi connectivity index (χ0n) is 10.8. The van der Waals surface area contributed by atoms with Crippen molar-refractivity contribution >= 4 is 28.0 Å². The number of halogens is 1. The normalized spacial score (nSPS) is 10.8. The summed E-state index contributed by atoms with van der Waals surface area (Å²) in [6.07, 6.45) is 3.45. The summed E-state index contributed by atoms with van der Waals surface area (Å²) < 4.78 is 11.6. The molecule has 0 bridgehead atoms. The van der Waals surface area contributed by atoms with Gasteiger partial charge in [-0.3, -0.25) is 0 Å². The third kappa shape index (κ3) is 6.40. The Morgan fingerprint density at radius 1 is 1.42 bits per heavy atom. The first-order chi connectivity index (χ1) is 9.13. The molecule has 0 aromatic heterocycles. The molecule has 0 heterocycles. The smallest absolute Gasteiger partial charge is 0.328 e. The maximum atomic E-state index is 10.5. The largest absolute Gasteiger partial charge is 0.493 e. The lowest BCUT2D eigenvalue weighted by atomic mass is 10.2. The predicted molar refractivity (Wildman–Crippen MR) is 77.4 cm³/mol. The topological polar surface area (TPSA) is 55.8 Å². The average Bonchev–Trinajstić information content (AvgIpc) is 2.38. The minimum Gasteiger partial charge on any atom is -0.493 e. The minimum absolute atomic E-state index is 0.573. The summed E-state index contributed by atoms with van der Waals surface area (Å²) >= 11 is 3.36. The van der Waals surface area contributed by atoms with Crippen LogP contribution in [0.5, 0.6) is 5.75 Å². The lowest BCUT2D eigenvalue weighted by Gasteiger charge is -2.08. The molecule has 0 aliphatic heterocycles. The Labute approximate surface area is 121 Å². The van der Waals surface area contributed by atoms with E-state index < -0.39 is 5.97 Å². The fourth-order valence-corrected chi connectivity index (χ4v) is 1.77. The number of hydrogen-bond donors (Lipinski definition) is 1. The number of aliphatic carboxylic acids is 1. The van der Waals surface area contributed by atoms with Gasteiger partial charge in [0.05, 0.1) is 6.61 Å². The van der Waals surface area contributed by atoms with Crippen LogP contribution in [0.1, 0.15) is 18.9 Å². The first kappa shape index (κ1) is 15.7. The van der Waals surface area contributed by atoms with Gasteiger partial charge >= 0.3 is 5.97 Å². The van der Waals surface area contributed by atoms with E-state index in [2.05, 4.69) is 15.9 Å². The van der Waals surface area contributed by atoms with Crippen molar-refractivity contribution in [2.24, 2.45) is 0 Å². The van der Waals surface area contributed by atoms with E-state index in [1.807, 2.05) is 19.1 Å². The quantitative estimate of drug-likeness (QED) is 0.587. The van der Waals surface area contributed by atoms with Crippen LogP contribution in [0, 0.1) is 0 Å². The number of ether oxygens (including phenoxy) is 2. The number of benzene rings is 1. The number of hydrogen-bond acceptors (Lipinski definition) is 3. The van der Waals surface area contributed by atoms with Crippen LogP contribution in [0.4, 0.5) is 0 Å². The van der Waals surface area contributed by atoms with Crippen LogP contribution in [0.25, 0.3) is 6.08 Å². The van der Waals surface area contributed by atoms with Gasteiger partial charge in [0.25, 0.3) is 0 Å². The molecular weight excluding hydrogens is 312 g/mol. The summed E-state index contributed by atoms with van der Waals surface area (Å²) in [6, 6.07) is 5.46. The summed E-state index contributed by atoms with van der Waals surface area (Å²) in [6.45, 7) is 3.92. The molecular formula is C14H17BrO4. The van der Waals surface area contributed by atoms with Gasteiger partial charge in [0.2, 0.25) is 0 Å². The number of carboxylic acid groups (broad SMARTS) is 1. The van der Waals surface area contributed by atoms with Crippen LogP contribution in [0.15, 0.2) is 28.7 Å². The molecule has 0 saturated heterocycles. The summed E-state index contributed by atoms with van der Waals surface area (Å²) in [7, 11) is 0. The van der Waals surface area contributed by atoms with Crippen molar-refractivity contribution in [3.05, 3.63) is 34.3 Å². The van der Waals surface area contributed by atoms with Gasteiger partial charge in [0.15, 0.2) is 0 Å². The van der Waals surface area contributed by atoms with E-state index in [4.69, 9.17) is 14.6 Å². The van der Waals surface area contributed by atoms with Gasteiger partial charge < -0.3 is 14.6 Å². The summed E-state index contributed by atoms with van der Waals surface area (Å²) in [4.78, 5) is 10.5. The lowest BCUT2D eigenvalue weighted by molar-refractivity contribution is -0.131. The molecule has 1 aromatic rings. The van der Waals surface area contributed by atoms with E-state index in [9.17, 15) is 4.79 Å². The van der Waals surface area contributed by atoms with Crippen molar-refractivity contribution in [2.45, 2.75) is 13.3 Å². The Balaban J connectivity index is 2.55. The molecule has 0 saturated carbocycles. The van der Waals surface area contributed by atoms with E-state index in [1.54, 1.807) is 6.07 Å². The van der Waals surface area contributed by atoms with Crippen molar-refractivity contribution in [1.82, 2.24) is 0 Å². The maximum Gasteiger partial charge on any atom is 0.328 e. The molecule has 1 N–H and O–H groups in total. The molecule has 19 heavy (non-hydrogen) atoms. The summed E-state index contributed by atoms with van der Waals surface area (Å²) in [5, 5.41) is 8.61. The van der Waals surface area contributed by atoms with Gasteiger partial charge in [-0.05, 0) is 36.8 Å². The molecule has 5 heteroatoms. The molecule has 1 rings (SSSR count). The zero-order chi connectivity index (χ0) is 14.1. The van der Waals surface area contributed by atoms with Crippen molar-refractivity contribution in [2.75, 3.05) is 19.8 Å². The van der Waals surface area contributed by atoms with Crippen molar-refractivity contribution in [1.29, 1.82) is 0 Å². The standard InChI is InChI=1S/C14H17BrO4/c1-2-18-8-3-9-19-12-5-6-13(15)11(10-12)4-7-14(16)17/h4-7,10H,2-3,8-9H2,1H3,(H,16,17)/b7-4+. The maximum absolute atomic E-state index is 10.5. The molecule has 0 atom stereocenters. The van der Waals surface area contributed by atoms with Gasteiger partial charge in [-0.15, -0.1) is 0 Å². The third-order valence-corrected chi connectivity index (χ3v) is 3.00. The molecule has 0 aliphatic carbocycles. The van der Waals surface area contributed by atoms with Gasteiger partial charge in [0.1, 0.15) is 5.75 Å². The highest BCUT2D eigenvalue weighted by molar-refractivity contribution is 9.10. The van der Waals surface area contributed by atoms with Crippen LogP contribution in [0.3, 0.4) is 0 Å². The molecule has 4 nitrogen and oxygen atoms in total. The van der Waals surface area contributed by atoms with Crippen LogP contribution in [-0.2, 0) is 9.53 Å². The lowest BCUT2D eigenvalue weighted by Crippen LogP contribution is -2.02. The fraction of sp³-hybridized carbons (Fsp3) is 0.357. The molecule has 0 spiro atoms. The Morgan fingerprint density at radius 3 is 2.89 bits per heavy atom. The SMILES string of the molecule is CCOCCCOc1ccc(Br)c(/C=C/C(=O)O)c1. The first-order valence-corrected chi connectivity index (χ1v) is 6.84. The highest BCUT2D eigenvalue weighted by Crippen LogP contribution is 2.23. The van der Waals surface area contributed by atoms with Gasteiger partial charge in [0, 0.05) is 30.2 Å². The first-order valence-electron chi connectivity index (χ1n) is 6.04. The highest BCUT2D eigenvalue weighted by atomic mass is 79.9. The molecule has 0 aliphatic rings. The van der Waals surface area contributed by atoms with Crippen LogP contribution in [-0.4, -0.2) is 30.9 Å². The van der Waals surface area contributed by atoms with Gasteiger partial charge in [-0.1, -0.05) is 15.9 Å². The Morgan fingerprint density at radius 2 is 2.21 bits per heavy atom. The molecule has 0 amide bonds. The van der Waals surface area contributed by atoms with Crippen LogP contribution in [0.2, 0.25) is 0 Å². The number of rotatable bonds is 8. The second-order valence-electron chi connectivity index (χ2n) is 3.75. The zero-order valence-corrected chi connectivity index (χ0v) is 12.4. The minimum atomic E-state index is -0.977. The number of carbonyl (C=O) groups is 1. The van der Waals surface area contributed by atoms with Gasteiger partial charge in [-0.25, -0.2) is 4.79 Å². The van der Waals surface area contributed by atoms with E-state index in [0.29, 0.717) is 25.6 Å². The van der Waals surface area contributed by atoms with E-state index in [1.165, 1.54) is 6.08 Å². The predicted octanol–water partition coefficient (Wildman–Crippen LogP) is 3.35. The second-order valence-corrected chi connectivity index (χ2v) is 4.61. The third-order valence-electron chi connectivity index (χ3n) is 2.28. The van der Waals surface area contributed by atoms with E-state index >= 15 is 0 Å². The summed E-state index contributed by atoms with van der Waals surface area (Å²) in [5.74, 6) is -0.264. The van der Waals surface area contributed by atoms with Gasteiger partial charge in [-0.2, -0.15) is 0 Å². The Hall–Kier alpha value is -1.33. The second kappa shape index (κ2) is 8.72. The molecule has 0 radical (unpaired) electrons. The highest BCUT2D eigenvalue weighted by Gasteiger charge is 2.01. The molecule has 1 aromatic carbocycles. The number of carboxylic acids is 1. The van der Waals surface area contributed by atoms with Crippen molar-refractivity contribution < 1.29 is 19.4 Å². The van der Waals surface area contributed by atoms with Crippen molar-refractivity contribution in [3.63, 3.8) is 0 Å². The summed E-state index contributed by atoms with van der Waals surface area (Å²) in [5.41, 5.74) is 0.768. The molecule has 0 fully saturated rings. The fourth-order valence-electron chi connectivity index (χ4n) is 1.40. The molecule has 0 unspecified atom stereocenters. The van der Waals surface area contributed by atoms with Crippen molar-refractivity contribution in [3.8, 4) is 5.75 Å². The van der Waals surface area contributed by atoms with Crippen LogP contribution < -0.4 is 4.74 Å².